The van der Waals surface area contributed by atoms with Gasteiger partial charge in [0, 0.05) is 22.1 Å². The Morgan fingerprint density at radius 1 is 1.08 bits per heavy atom. The molecule has 24 heavy (non-hydrogen) atoms. The van der Waals surface area contributed by atoms with Crippen molar-refractivity contribution in [3.8, 4) is 5.75 Å². The van der Waals surface area contributed by atoms with Crippen LogP contribution >= 0.6 is 15.9 Å². The number of para-hydroxylation sites is 1. The monoisotopic (exact) mass is 391 g/mol. The minimum absolute atomic E-state index is 0.109. The summed E-state index contributed by atoms with van der Waals surface area (Å²) in [5.74, 6) is 0.0749. The molecule has 5 nitrogen and oxygen atoms in total. The molecule has 0 unspecified atom stereocenters. The number of rotatable bonds is 7. The summed E-state index contributed by atoms with van der Waals surface area (Å²) in [6, 6.07) is 14.3. The summed E-state index contributed by atoms with van der Waals surface area (Å²) in [6.07, 6.45) is 0.109. The number of carbonyl (C=O) groups is 2. The molecule has 0 saturated heterocycles. The van der Waals surface area contributed by atoms with Gasteiger partial charge in [0.2, 0.25) is 0 Å². The number of hydrogen-bond donors (Lipinski definition) is 1. The second-order valence-electron chi connectivity index (χ2n) is 4.99. The van der Waals surface area contributed by atoms with Crippen molar-refractivity contribution < 1.29 is 19.1 Å². The molecule has 0 saturated carbocycles. The number of carbonyl (C=O) groups excluding carboxylic acids is 2. The van der Waals surface area contributed by atoms with E-state index >= 15 is 0 Å². The van der Waals surface area contributed by atoms with E-state index in [2.05, 4.69) is 21.2 Å². The molecule has 2 aromatic carbocycles. The molecular formula is C18H18BrNO4. The summed E-state index contributed by atoms with van der Waals surface area (Å²) >= 11 is 3.31. The summed E-state index contributed by atoms with van der Waals surface area (Å²) in [5.41, 5.74) is 1.34. The third-order valence-corrected chi connectivity index (χ3v) is 3.83. The molecule has 0 atom stereocenters. The number of ether oxygens (including phenoxy) is 2. The Morgan fingerprint density at radius 3 is 2.50 bits per heavy atom. The van der Waals surface area contributed by atoms with E-state index < -0.39 is 0 Å². The van der Waals surface area contributed by atoms with Gasteiger partial charge in [0.25, 0.3) is 5.91 Å². The number of benzene rings is 2. The minimum Gasteiger partial charge on any atom is -0.496 e. The van der Waals surface area contributed by atoms with E-state index in [-0.39, 0.29) is 31.4 Å². The van der Waals surface area contributed by atoms with Crippen molar-refractivity contribution in [3.05, 3.63) is 64.1 Å². The number of hydrogen-bond acceptors (Lipinski definition) is 4. The van der Waals surface area contributed by atoms with E-state index in [1.54, 1.807) is 31.4 Å². The maximum atomic E-state index is 11.9. The second-order valence-corrected chi connectivity index (χ2v) is 5.90. The number of halogens is 1. The van der Waals surface area contributed by atoms with Gasteiger partial charge in [-0.25, -0.2) is 0 Å². The second kappa shape index (κ2) is 9.08. The first-order valence-electron chi connectivity index (χ1n) is 7.41. The van der Waals surface area contributed by atoms with Crippen molar-refractivity contribution in [1.82, 2.24) is 5.32 Å². The predicted molar refractivity (Wildman–Crippen MR) is 93.9 cm³/mol. The Kier molecular flexibility index (Phi) is 6.81. The quantitative estimate of drug-likeness (QED) is 0.735. The first-order chi connectivity index (χ1) is 11.6. The van der Waals surface area contributed by atoms with E-state index in [0.717, 1.165) is 10.0 Å². The highest BCUT2D eigenvalue weighted by Crippen LogP contribution is 2.18. The van der Waals surface area contributed by atoms with Gasteiger partial charge in [0.1, 0.15) is 12.4 Å². The van der Waals surface area contributed by atoms with E-state index in [9.17, 15) is 9.59 Å². The van der Waals surface area contributed by atoms with Gasteiger partial charge in [-0.3, -0.25) is 9.59 Å². The normalized spacial score (nSPS) is 10.1. The third kappa shape index (κ3) is 5.38. The molecule has 0 radical (unpaired) electrons. The summed E-state index contributed by atoms with van der Waals surface area (Å²) in [7, 11) is 1.57. The molecule has 1 N–H and O–H groups in total. The van der Waals surface area contributed by atoms with Crippen LogP contribution in [0.5, 0.6) is 5.75 Å². The number of methoxy groups -OCH3 is 1. The van der Waals surface area contributed by atoms with Crippen LogP contribution < -0.4 is 10.1 Å². The van der Waals surface area contributed by atoms with Crippen LogP contribution in [0.1, 0.15) is 22.3 Å². The molecule has 0 aromatic heterocycles. The van der Waals surface area contributed by atoms with Crippen molar-refractivity contribution in [3.63, 3.8) is 0 Å². The zero-order valence-electron chi connectivity index (χ0n) is 13.3. The Labute approximate surface area is 149 Å². The molecule has 2 aromatic rings. The van der Waals surface area contributed by atoms with Crippen molar-refractivity contribution in [2.45, 2.75) is 13.0 Å². The van der Waals surface area contributed by atoms with Gasteiger partial charge in [-0.05, 0) is 30.3 Å². The number of nitrogens with one attached hydrogen (secondary N) is 1. The van der Waals surface area contributed by atoms with E-state index in [4.69, 9.17) is 9.47 Å². The molecular weight excluding hydrogens is 374 g/mol. The predicted octanol–water partition coefficient (Wildman–Crippen LogP) is 3.32. The molecule has 6 heteroatoms. The highest BCUT2D eigenvalue weighted by Gasteiger charge is 2.09. The van der Waals surface area contributed by atoms with Crippen LogP contribution in [0.2, 0.25) is 0 Å². The molecule has 1 amide bonds. The van der Waals surface area contributed by atoms with Crippen LogP contribution in [0.15, 0.2) is 53.0 Å². The fraction of sp³-hybridized carbons (Fsp3) is 0.222. The Balaban J connectivity index is 1.73. The first kappa shape index (κ1) is 18.0. The lowest BCUT2D eigenvalue weighted by Gasteiger charge is -2.09. The maximum Gasteiger partial charge on any atom is 0.307 e. The SMILES string of the molecule is COc1ccccc1COC(=O)CCNC(=O)c1ccc(Br)cc1. The van der Waals surface area contributed by atoms with Crippen LogP contribution in [-0.4, -0.2) is 25.5 Å². The van der Waals surface area contributed by atoms with E-state index in [0.29, 0.717) is 11.3 Å². The summed E-state index contributed by atoms with van der Waals surface area (Å²) in [6.45, 7) is 0.364. The van der Waals surface area contributed by atoms with Gasteiger partial charge in [0.05, 0.1) is 13.5 Å². The molecule has 126 valence electrons. The van der Waals surface area contributed by atoms with Gasteiger partial charge >= 0.3 is 5.97 Å². The van der Waals surface area contributed by atoms with Gasteiger partial charge in [-0.15, -0.1) is 0 Å². The van der Waals surface area contributed by atoms with Crippen molar-refractivity contribution in [2.24, 2.45) is 0 Å². The van der Waals surface area contributed by atoms with E-state index in [1.165, 1.54) is 0 Å². The molecule has 0 aliphatic carbocycles. The van der Waals surface area contributed by atoms with Crippen LogP contribution in [-0.2, 0) is 16.1 Å². The fourth-order valence-electron chi connectivity index (χ4n) is 2.03. The average molecular weight is 392 g/mol. The average Bonchev–Trinajstić information content (AvgIpc) is 2.60. The molecule has 0 aliphatic heterocycles. The zero-order valence-corrected chi connectivity index (χ0v) is 14.8. The number of esters is 1. The van der Waals surface area contributed by atoms with Gasteiger partial charge in [0.15, 0.2) is 0 Å². The summed E-state index contributed by atoms with van der Waals surface area (Å²) in [4.78, 5) is 23.7. The minimum atomic E-state index is -0.378. The molecule has 2 rings (SSSR count). The van der Waals surface area contributed by atoms with Crippen LogP contribution in [0.3, 0.4) is 0 Å². The van der Waals surface area contributed by atoms with Crippen LogP contribution in [0.25, 0.3) is 0 Å². The van der Waals surface area contributed by atoms with Gasteiger partial charge < -0.3 is 14.8 Å². The lowest BCUT2D eigenvalue weighted by molar-refractivity contribution is -0.144. The molecule has 0 fully saturated rings. The summed E-state index contributed by atoms with van der Waals surface area (Å²) < 4.78 is 11.3. The zero-order chi connectivity index (χ0) is 17.4. The van der Waals surface area contributed by atoms with Crippen LogP contribution in [0, 0.1) is 0 Å². The Bertz CT molecular complexity index is 700. The first-order valence-corrected chi connectivity index (χ1v) is 8.20. The van der Waals surface area contributed by atoms with Gasteiger partial charge in [-0.1, -0.05) is 34.1 Å². The molecule has 0 spiro atoms. The largest absolute Gasteiger partial charge is 0.496 e. The number of amides is 1. The lowest BCUT2D eigenvalue weighted by atomic mass is 10.2. The van der Waals surface area contributed by atoms with Crippen molar-refractivity contribution in [2.75, 3.05) is 13.7 Å². The molecule has 0 bridgehead atoms. The molecule has 0 aliphatic rings. The smallest absolute Gasteiger partial charge is 0.307 e. The standard InChI is InChI=1S/C18H18BrNO4/c1-23-16-5-3-2-4-14(16)12-24-17(21)10-11-20-18(22)13-6-8-15(19)9-7-13/h2-9H,10-12H2,1H3,(H,20,22). The Morgan fingerprint density at radius 2 is 1.79 bits per heavy atom. The van der Waals surface area contributed by atoms with Crippen molar-refractivity contribution >= 4 is 27.8 Å². The third-order valence-electron chi connectivity index (χ3n) is 3.30. The molecule has 0 heterocycles. The van der Waals surface area contributed by atoms with Crippen LogP contribution in [0.4, 0.5) is 0 Å². The topological polar surface area (TPSA) is 64.6 Å². The highest BCUT2D eigenvalue weighted by molar-refractivity contribution is 9.10. The van der Waals surface area contributed by atoms with Gasteiger partial charge in [-0.2, -0.15) is 0 Å². The van der Waals surface area contributed by atoms with E-state index in [1.807, 2.05) is 24.3 Å². The fourth-order valence-corrected chi connectivity index (χ4v) is 2.30. The Hall–Kier alpha value is -2.34. The maximum absolute atomic E-state index is 11.9. The van der Waals surface area contributed by atoms with Crippen molar-refractivity contribution in [1.29, 1.82) is 0 Å². The lowest BCUT2D eigenvalue weighted by Crippen LogP contribution is -2.26. The highest BCUT2D eigenvalue weighted by atomic mass is 79.9. The summed E-state index contributed by atoms with van der Waals surface area (Å²) in [5, 5.41) is 2.69.